The van der Waals surface area contributed by atoms with Crippen LogP contribution in [-0.4, -0.2) is 21.3 Å². The zero-order chi connectivity index (χ0) is 16.3. The van der Waals surface area contributed by atoms with Crippen molar-refractivity contribution in [1.82, 2.24) is 14.8 Å². The predicted molar refractivity (Wildman–Crippen MR) is 74.7 cm³/mol. The molecule has 0 atom stereocenters. The number of aromatic nitrogens is 3. The van der Waals surface area contributed by atoms with Crippen molar-refractivity contribution in [2.75, 3.05) is 6.54 Å². The molecule has 0 aliphatic carbocycles. The SMILES string of the molecule is Cn1c(CCN)nnc1SCc1cc(C(F)(F)F)ccc1F. The van der Waals surface area contributed by atoms with E-state index in [0.29, 0.717) is 23.9 Å². The lowest BCUT2D eigenvalue weighted by Crippen LogP contribution is -2.08. The van der Waals surface area contributed by atoms with Gasteiger partial charge in [0.25, 0.3) is 0 Å². The molecule has 0 radical (unpaired) electrons. The first-order chi connectivity index (χ1) is 10.3. The predicted octanol–water partition coefficient (Wildman–Crippen LogP) is 2.77. The van der Waals surface area contributed by atoms with Gasteiger partial charge in [-0.15, -0.1) is 10.2 Å². The molecule has 4 nitrogen and oxygen atoms in total. The highest BCUT2D eigenvalue weighted by molar-refractivity contribution is 7.98. The van der Waals surface area contributed by atoms with Crippen molar-refractivity contribution in [3.05, 3.63) is 41.0 Å². The summed E-state index contributed by atoms with van der Waals surface area (Å²) in [6, 6.07) is 2.37. The Kier molecular flexibility index (Phi) is 5.07. The summed E-state index contributed by atoms with van der Waals surface area (Å²) < 4.78 is 53.3. The molecule has 0 saturated carbocycles. The van der Waals surface area contributed by atoms with Crippen molar-refractivity contribution in [3.8, 4) is 0 Å². The van der Waals surface area contributed by atoms with Crippen LogP contribution in [0.25, 0.3) is 0 Å². The summed E-state index contributed by atoms with van der Waals surface area (Å²) in [6.07, 6.45) is -3.95. The minimum absolute atomic E-state index is 0.0248. The zero-order valence-electron chi connectivity index (χ0n) is 11.7. The van der Waals surface area contributed by atoms with E-state index in [-0.39, 0.29) is 11.3 Å². The van der Waals surface area contributed by atoms with Crippen LogP contribution in [0.4, 0.5) is 17.6 Å². The number of benzene rings is 1. The molecule has 0 amide bonds. The summed E-state index contributed by atoms with van der Waals surface area (Å²) in [4.78, 5) is 0. The van der Waals surface area contributed by atoms with Crippen LogP contribution < -0.4 is 5.73 Å². The fourth-order valence-electron chi connectivity index (χ4n) is 1.82. The zero-order valence-corrected chi connectivity index (χ0v) is 12.5. The van der Waals surface area contributed by atoms with E-state index in [9.17, 15) is 17.6 Å². The maximum absolute atomic E-state index is 13.6. The number of thioether (sulfide) groups is 1. The van der Waals surface area contributed by atoms with Gasteiger partial charge in [0.15, 0.2) is 5.16 Å². The molecule has 0 aliphatic rings. The summed E-state index contributed by atoms with van der Waals surface area (Å²) >= 11 is 1.12. The van der Waals surface area contributed by atoms with E-state index in [1.54, 1.807) is 11.6 Å². The number of nitrogens with two attached hydrogens (primary N) is 1. The average molecular weight is 334 g/mol. The third-order valence-corrected chi connectivity index (χ3v) is 4.09. The van der Waals surface area contributed by atoms with Crippen LogP contribution in [0.15, 0.2) is 23.4 Å². The van der Waals surface area contributed by atoms with Gasteiger partial charge in [0.1, 0.15) is 11.6 Å². The van der Waals surface area contributed by atoms with Crippen LogP contribution in [0.3, 0.4) is 0 Å². The van der Waals surface area contributed by atoms with E-state index in [1.165, 1.54) is 0 Å². The smallest absolute Gasteiger partial charge is 0.330 e. The summed E-state index contributed by atoms with van der Waals surface area (Å²) in [6.45, 7) is 0.416. The Hall–Kier alpha value is -1.61. The van der Waals surface area contributed by atoms with Crippen molar-refractivity contribution < 1.29 is 17.6 Å². The molecule has 0 saturated heterocycles. The van der Waals surface area contributed by atoms with Crippen molar-refractivity contribution in [2.24, 2.45) is 12.8 Å². The molecule has 0 aliphatic heterocycles. The highest BCUT2D eigenvalue weighted by atomic mass is 32.2. The number of alkyl halides is 3. The normalized spacial score (nSPS) is 11.9. The maximum Gasteiger partial charge on any atom is 0.416 e. The van der Waals surface area contributed by atoms with Gasteiger partial charge in [0.2, 0.25) is 0 Å². The van der Waals surface area contributed by atoms with Gasteiger partial charge in [-0.2, -0.15) is 13.2 Å². The Balaban J connectivity index is 2.14. The maximum atomic E-state index is 13.6. The summed E-state index contributed by atoms with van der Waals surface area (Å²) in [5, 5.41) is 8.36. The van der Waals surface area contributed by atoms with Crippen molar-refractivity contribution in [2.45, 2.75) is 23.5 Å². The van der Waals surface area contributed by atoms with E-state index < -0.39 is 17.6 Å². The molecule has 120 valence electrons. The van der Waals surface area contributed by atoms with Gasteiger partial charge in [-0.1, -0.05) is 11.8 Å². The van der Waals surface area contributed by atoms with E-state index in [1.807, 2.05) is 0 Å². The van der Waals surface area contributed by atoms with Gasteiger partial charge in [-0.3, -0.25) is 0 Å². The van der Waals surface area contributed by atoms with Crippen molar-refractivity contribution in [3.63, 3.8) is 0 Å². The molecule has 1 aromatic heterocycles. The highest BCUT2D eigenvalue weighted by Gasteiger charge is 2.31. The molecule has 0 fully saturated rings. The topological polar surface area (TPSA) is 56.7 Å². The first-order valence-corrected chi connectivity index (χ1v) is 7.38. The lowest BCUT2D eigenvalue weighted by Gasteiger charge is -2.09. The standard InChI is InChI=1S/C13H14F4N4S/c1-21-11(4-5-18)19-20-12(21)22-7-8-6-9(13(15,16)17)2-3-10(8)14/h2-3,6H,4-5,7,18H2,1H3. The van der Waals surface area contributed by atoms with E-state index in [2.05, 4.69) is 10.2 Å². The van der Waals surface area contributed by atoms with Crippen LogP contribution in [0.2, 0.25) is 0 Å². The Morgan fingerprint density at radius 2 is 2.00 bits per heavy atom. The van der Waals surface area contributed by atoms with Crippen molar-refractivity contribution in [1.29, 1.82) is 0 Å². The fourth-order valence-corrected chi connectivity index (χ4v) is 2.72. The van der Waals surface area contributed by atoms with Crippen LogP contribution in [0.1, 0.15) is 17.0 Å². The van der Waals surface area contributed by atoms with Crippen LogP contribution in [0.5, 0.6) is 0 Å². The minimum Gasteiger partial charge on any atom is -0.330 e. The number of rotatable bonds is 5. The van der Waals surface area contributed by atoms with Crippen LogP contribution >= 0.6 is 11.8 Å². The second kappa shape index (κ2) is 6.66. The average Bonchev–Trinajstić information content (AvgIpc) is 2.78. The molecule has 22 heavy (non-hydrogen) atoms. The molecule has 2 aromatic rings. The number of hydrogen-bond donors (Lipinski definition) is 1. The van der Waals surface area contributed by atoms with Gasteiger partial charge < -0.3 is 10.3 Å². The number of hydrogen-bond acceptors (Lipinski definition) is 4. The molecular weight excluding hydrogens is 320 g/mol. The second-order valence-corrected chi connectivity index (χ2v) is 5.53. The molecule has 2 rings (SSSR count). The monoisotopic (exact) mass is 334 g/mol. The third kappa shape index (κ3) is 3.77. The lowest BCUT2D eigenvalue weighted by molar-refractivity contribution is -0.137. The van der Waals surface area contributed by atoms with Gasteiger partial charge >= 0.3 is 6.18 Å². The highest BCUT2D eigenvalue weighted by Crippen LogP contribution is 2.32. The number of halogens is 4. The van der Waals surface area contributed by atoms with Crippen LogP contribution in [0, 0.1) is 5.82 Å². The molecule has 0 unspecified atom stereocenters. The Labute approximate surface area is 128 Å². The fraction of sp³-hybridized carbons (Fsp3) is 0.385. The van der Waals surface area contributed by atoms with Gasteiger partial charge in [-0.25, -0.2) is 4.39 Å². The Morgan fingerprint density at radius 3 is 2.64 bits per heavy atom. The Morgan fingerprint density at radius 1 is 1.27 bits per heavy atom. The van der Waals surface area contributed by atoms with Crippen molar-refractivity contribution >= 4 is 11.8 Å². The van der Waals surface area contributed by atoms with Gasteiger partial charge in [0.05, 0.1) is 5.56 Å². The quantitative estimate of drug-likeness (QED) is 0.675. The van der Waals surface area contributed by atoms with E-state index in [0.717, 1.165) is 30.0 Å². The first kappa shape index (κ1) is 16.8. The molecule has 1 aromatic carbocycles. The molecule has 1 heterocycles. The molecule has 0 bridgehead atoms. The first-order valence-electron chi connectivity index (χ1n) is 6.39. The van der Waals surface area contributed by atoms with Gasteiger partial charge in [0, 0.05) is 19.2 Å². The van der Waals surface area contributed by atoms with Gasteiger partial charge in [-0.05, 0) is 30.3 Å². The second-order valence-electron chi connectivity index (χ2n) is 4.59. The number of nitrogens with zero attached hydrogens (tertiary/aromatic N) is 3. The molecule has 9 heteroatoms. The molecule has 0 spiro atoms. The molecule has 2 N–H and O–H groups in total. The minimum atomic E-state index is -4.49. The molecular formula is C13H14F4N4S. The largest absolute Gasteiger partial charge is 0.416 e. The summed E-state index contributed by atoms with van der Waals surface area (Å²) in [5.74, 6) is 0.0315. The van der Waals surface area contributed by atoms with E-state index >= 15 is 0 Å². The summed E-state index contributed by atoms with van der Waals surface area (Å²) in [5.41, 5.74) is 4.54. The van der Waals surface area contributed by atoms with E-state index in [4.69, 9.17) is 5.73 Å². The third-order valence-electron chi connectivity index (χ3n) is 3.02. The summed E-state index contributed by atoms with van der Waals surface area (Å²) in [7, 11) is 1.73. The Bertz CT molecular complexity index is 654. The lowest BCUT2D eigenvalue weighted by atomic mass is 10.1. The van der Waals surface area contributed by atoms with Crippen LogP contribution in [-0.2, 0) is 25.4 Å².